The van der Waals surface area contributed by atoms with E-state index in [1.165, 1.54) is 0 Å². The molecule has 0 radical (unpaired) electrons. The minimum atomic E-state index is -0.533. The third-order valence-corrected chi connectivity index (χ3v) is 4.16. The van der Waals surface area contributed by atoms with E-state index in [9.17, 15) is 9.59 Å². The van der Waals surface area contributed by atoms with Gasteiger partial charge < -0.3 is 14.4 Å². The molecule has 1 aliphatic heterocycles. The number of nitrogens with zero attached hydrogens (tertiary/aromatic N) is 1. The van der Waals surface area contributed by atoms with Gasteiger partial charge in [-0.2, -0.15) is 0 Å². The summed E-state index contributed by atoms with van der Waals surface area (Å²) in [5.41, 5.74) is 3.34. The van der Waals surface area contributed by atoms with Gasteiger partial charge in [0, 0.05) is 12.2 Å². The number of hydrogen-bond acceptors (Lipinski definition) is 4. The summed E-state index contributed by atoms with van der Waals surface area (Å²) in [6, 6.07) is 12.8. The van der Waals surface area contributed by atoms with Crippen molar-refractivity contribution in [3.8, 4) is 5.75 Å². The molecule has 2 aromatic carbocycles. The zero-order chi connectivity index (χ0) is 17.1. The molecular formula is C19H19NO4. The van der Waals surface area contributed by atoms with E-state index in [0.717, 1.165) is 23.2 Å². The standard InChI is InChI=1S/C19H19NO4/c1-13-7-8-15(11-17(13)23-2)19(22)24-12-18(21)20-10-9-14-5-3-4-6-16(14)20/h3-8,11H,9-10,12H2,1-2H3. The molecule has 1 heterocycles. The summed E-state index contributed by atoms with van der Waals surface area (Å²) in [6.07, 6.45) is 0.824. The van der Waals surface area contributed by atoms with Crippen LogP contribution in [-0.4, -0.2) is 32.1 Å². The highest BCUT2D eigenvalue weighted by molar-refractivity contribution is 5.98. The Balaban J connectivity index is 1.64. The van der Waals surface area contributed by atoms with E-state index in [0.29, 0.717) is 17.9 Å². The Labute approximate surface area is 140 Å². The first kappa shape index (κ1) is 16.1. The number of carbonyl (C=O) groups is 2. The van der Waals surface area contributed by atoms with Crippen LogP contribution in [0.3, 0.4) is 0 Å². The summed E-state index contributed by atoms with van der Waals surface area (Å²) in [5, 5.41) is 0. The zero-order valence-electron chi connectivity index (χ0n) is 13.7. The van der Waals surface area contributed by atoms with E-state index in [-0.39, 0.29) is 12.5 Å². The summed E-state index contributed by atoms with van der Waals surface area (Å²) in [6.45, 7) is 2.24. The van der Waals surface area contributed by atoms with E-state index in [1.54, 1.807) is 30.2 Å². The number of aryl methyl sites for hydroxylation is 1. The first-order chi connectivity index (χ1) is 11.6. The van der Waals surface area contributed by atoms with Gasteiger partial charge in [-0.05, 0) is 42.7 Å². The summed E-state index contributed by atoms with van der Waals surface area (Å²) >= 11 is 0. The van der Waals surface area contributed by atoms with Crippen molar-refractivity contribution < 1.29 is 19.1 Å². The van der Waals surface area contributed by atoms with Gasteiger partial charge in [-0.3, -0.25) is 4.79 Å². The van der Waals surface area contributed by atoms with Crippen LogP contribution in [0, 0.1) is 6.92 Å². The minimum absolute atomic E-state index is 0.215. The van der Waals surface area contributed by atoms with Crippen LogP contribution in [0.25, 0.3) is 0 Å². The molecular weight excluding hydrogens is 306 g/mol. The van der Waals surface area contributed by atoms with Crippen LogP contribution in [0.2, 0.25) is 0 Å². The summed E-state index contributed by atoms with van der Waals surface area (Å²) in [7, 11) is 1.55. The molecule has 0 aromatic heterocycles. The van der Waals surface area contributed by atoms with Crippen LogP contribution in [-0.2, 0) is 16.0 Å². The normalized spacial score (nSPS) is 12.7. The summed E-state index contributed by atoms with van der Waals surface area (Å²) < 4.78 is 10.4. The Morgan fingerprint density at radius 1 is 1.17 bits per heavy atom. The van der Waals surface area contributed by atoms with Crippen molar-refractivity contribution in [3.05, 3.63) is 59.2 Å². The van der Waals surface area contributed by atoms with Crippen LogP contribution < -0.4 is 9.64 Å². The monoisotopic (exact) mass is 325 g/mol. The van der Waals surface area contributed by atoms with E-state index in [1.807, 2.05) is 31.2 Å². The van der Waals surface area contributed by atoms with E-state index < -0.39 is 5.97 Å². The number of para-hydroxylation sites is 1. The van der Waals surface area contributed by atoms with Crippen LogP contribution in [0.15, 0.2) is 42.5 Å². The number of rotatable bonds is 4. The van der Waals surface area contributed by atoms with Crippen LogP contribution in [0.4, 0.5) is 5.69 Å². The van der Waals surface area contributed by atoms with Gasteiger partial charge >= 0.3 is 5.97 Å². The maximum atomic E-state index is 12.3. The van der Waals surface area contributed by atoms with E-state index >= 15 is 0 Å². The number of ether oxygens (including phenoxy) is 2. The maximum absolute atomic E-state index is 12.3. The Morgan fingerprint density at radius 3 is 2.75 bits per heavy atom. The van der Waals surface area contributed by atoms with Gasteiger partial charge in [-0.1, -0.05) is 24.3 Å². The van der Waals surface area contributed by atoms with Crippen molar-refractivity contribution >= 4 is 17.6 Å². The van der Waals surface area contributed by atoms with Gasteiger partial charge in [0.2, 0.25) is 0 Å². The molecule has 0 saturated heterocycles. The number of fused-ring (bicyclic) bond motifs is 1. The van der Waals surface area contributed by atoms with Crippen molar-refractivity contribution in [3.63, 3.8) is 0 Å². The molecule has 0 unspecified atom stereocenters. The molecule has 5 heteroatoms. The van der Waals surface area contributed by atoms with Crippen LogP contribution in [0.5, 0.6) is 5.75 Å². The lowest BCUT2D eigenvalue weighted by atomic mass is 10.1. The second-order valence-corrected chi connectivity index (χ2v) is 5.68. The van der Waals surface area contributed by atoms with Gasteiger partial charge in [0.1, 0.15) is 5.75 Å². The highest BCUT2D eigenvalue weighted by atomic mass is 16.5. The SMILES string of the molecule is COc1cc(C(=O)OCC(=O)N2CCc3ccccc32)ccc1C. The quantitative estimate of drug-likeness (QED) is 0.811. The molecule has 1 amide bonds. The van der Waals surface area contributed by atoms with Gasteiger partial charge in [-0.15, -0.1) is 0 Å². The maximum Gasteiger partial charge on any atom is 0.338 e. The largest absolute Gasteiger partial charge is 0.496 e. The second kappa shape index (κ2) is 6.74. The third-order valence-electron chi connectivity index (χ3n) is 4.16. The van der Waals surface area contributed by atoms with Gasteiger partial charge in [0.15, 0.2) is 6.61 Å². The highest BCUT2D eigenvalue weighted by Gasteiger charge is 2.25. The lowest BCUT2D eigenvalue weighted by molar-refractivity contribution is -0.121. The molecule has 2 aromatic rings. The predicted molar refractivity (Wildman–Crippen MR) is 90.5 cm³/mol. The molecule has 124 valence electrons. The minimum Gasteiger partial charge on any atom is -0.496 e. The number of benzene rings is 2. The lowest BCUT2D eigenvalue weighted by Crippen LogP contribution is -2.33. The Hall–Kier alpha value is -2.82. The fraction of sp³-hybridized carbons (Fsp3) is 0.263. The Bertz CT molecular complexity index is 785. The van der Waals surface area contributed by atoms with Crippen molar-refractivity contribution in [2.24, 2.45) is 0 Å². The fourth-order valence-electron chi connectivity index (χ4n) is 2.83. The third kappa shape index (κ3) is 3.11. The zero-order valence-corrected chi connectivity index (χ0v) is 13.7. The topological polar surface area (TPSA) is 55.8 Å². The molecule has 0 fully saturated rings. The Morgan fingerprint density at radius 2 is 1.96 bits per heavy atom. The summed E-state index contributed by atoms with van der Waals surface area (Å²) in [4.78, 5) is 26.2. The molecule has 0 atom stereocenters. The summed E-state index contributed by atoms with van der Waals surface area (Å²) in [5.74, 6) is -0.134. The molecule has 3 rings (SSSR count). The van der Waals surface area contributed by atoms with Crippen molar-refractivity contribution in [2.75, 3.05) is 25.2 Å². The van der Waals surface area contributed by atoms with Crippen LogP contribution in [0.1, 0.15) is 21.5 Å². The smallest absolute Gasteiger partial charge is 0.338 e. The predicted octanol–water partition coefficient (Wildman–Crippen LogP) is 2.75. The highest BCUT2D eigenvalue weighted by Crippen LogP contribution is 2.27. The number of hydrogen-bond donors (Lipinski definition) is 0. The first-order valence-corrected chi connectivity index (χ1v) is 7.80. The first-order valence-electron chi connectivity index (χ1n) is 7.80. The van der Waals surface area contributed by atoms with Gasteiger partial charge in [0.25, 0.3) is 5.91 Å². The average molecular weight is 325 g/mol. The molecule has 1 aliphatic rings. The molecule has 0 bridgehead atoms. The molecule has 0 aliphatic carbocycles. The van der Waals surface area contributed by atoms with Crippen LogP contribution >= 0.6 is 0 Å². The lowest BCUT2D eigenvalue weighted by Gasteiger charge is -2.17. The van der Waals surface area contributed by atoms with E-state index in [4.69, 9.17) is 9.47 Å². The molecule has 24 heavy (non-hydrogen) atoms. The second-order valence-electron chi connectivity index (χ2n) is 5.68. The number of esters is 1. The molecule has 0 N–H and O–H groups in total. The van der Waals surface area contributed by atoms with E-state index in [2.05, 4.69) is 0 Å². The fourth-order valence-corrected chi connectivity index (χ4v) is 2.83. The van der Waals surface area contributed by atoms with Gasteiger partial charge in [0.05, 0.1) is 12.7 Å². The Kier molecular flexibility index (Phi) is 4.51. The molecule has 5 nitrogen and oxygen atoms in total. The average Bonchev–Trinajstić information content (AvgIpc) is 3.04. The number of carbonyl (C=O) groups excluding carboxylic acids is 2. The number of anilines is 1. The van der Waals surface area contributed by atoms with Gasteiger partial charge in [-0.25, -0.2) is 4.79 Å². The van der Waals surface area contributed by atoms with Crippen molar-refractivity contribution in [1.82, 2.24) is 0 Å². The number of amides is 1. The molecule has 0 saturated carbocycles. The number of methoxy groups -OCH3 is 1. The molecule has 0 spiro atoms. The van der Waals surface area contributed by atoms with Crippen molar-refractivity contribution in [2.45, 2.75) is 13.3 Å². The van der Waals surface area contributed by atoms with Crippen molar-refractivity contribution in [1.29, 1.82) is 0 Å².